The molecule has 1 heterocycles. The quantitative estimate of drug-likeness (QED) is 0.129. The molecule has 230 valence electrons. The van der Waals surface area contributed by atoms with Gasteiger partial charge in [-0.1, -0.05) is 38.1 Å². The number of hydrogen-bond donors (Lipinski definition) is 1. The zero-order valence-electron chi connectivity index (χ0n) is 26.0. The van der Waals surface area contributed by atoms with Gasteiger partial charge in [-0.2, -0.15) is 0 Å². The molecule has 0 bridgehead atoms. The molecular weight excluding hydrogens is 556 g/mol. The van der Waals surface area contributed by atoms with Crippen LogP contribution in [-0.4, -0.2) is 49.3 Å². The van der Waals surface area contributed by atoms with E-state index in [-0.39, 0.29) is 12.5 Å². The van der Waals surface area contributed by atoms with Crippen molar-refractivity contribution < 1.29 is 28.5 Å². The smallest absolute Gasteiger partial charge is 0.350 e. The van der Waals surface area contributed by atoms with Gasteiger partial charge in [0.15, 0.2) is 0 Å². The molecule has 3 aromatic carbocycles. The van der Waals surface area contributed by atoms with Crippen molar-refractivity contribution in [1.29, 1.82) is 0 Å². The summed E-state index contributed by atoms with van der Waals surface area (Å²) in [4.78, 5) is 29.9. The van der Waals surface area contributed by atoms with E-state index in [1.54, 1.807) is 33.2 Å². The van der Waals surface area contributed by atoms with Crippen LogP contribution in [0.3, 0.4) is 0 Å². The molecule has 0 saturated carbocycles. The number of rotatable bonds is 14. The van der Waals surface area contributed by atoms with Crippen LogP contribution in [0.15, 0.2) is 91.1 Å². The van der Waals surface area contributed by atoms with Gasteiger partial charge in [0.25, 0.3) is 5.91 Å². The fraction of sp³-hybridized carbons (Fsp3) is 0.306. The zero-order chi connectivity index (χ0) is 31.5. The monoisotopic (exact) mass is 596 g/mol. The Bertz CT molecular complexity index is 1500. The number of carbonyl (C=O) groups excluding carboxylic acids is 2. The lowest BCUT2D eigenvalue weighted by molar-refractivity contribution is -0.160. The number of esters is 1. The van der Waals surface area contributed by atoms with E-state index in [0.717, 1.165) is 22.6 Å². The first kappa shape index (κ1) is 32.1. The number of amides is 1. The van der Waals surface area contributed by atoms with Crippen LogP contribution in [0, 0.1) is 0 Å². The molecule has 1 aromatic heterocycles. The molecule has 1 N–H and O–H groups in total. The highest BCUT2D eigenvalue weighted by atomic mass is 16.6. The van der Waals surface area contributed by atoms with E-state index in [9.17, 15) is 9.59 Å². The van der Waals surface area contributed by atoms with Crippen LogP contribution in [0.25, 0.3) is 11.3 Å². The Morgan fingerprint density at radius 1 is 0.864 bits per heavy atom. The first-order valence-corrected chi connectivity index (χ1v) is 14.8. The Kier molecular flexibility index (Phi) is 11.0. The molecule has 8 heteroatoms. The van der Waals surface area contributed by atoms with Crippen molar-refractivity contribution in [2.24, 2.45) is 0 Å². The van der Waals surface area contributed by atoms with Crippen molar-refractivity contribution in [2.45, 2.75) is 45.6 Å². The molecular formula is C36H40N2O6. The molecule has 0 radical (unpaired) electrons. The molecule has 1 unspecified atom stereocenters. The Morgan fingerprint density at radius 3 is 2.11 bits per heavy atom. The van der Waals surface area contributed by atoms with Crippen LogP contribution < -0.4 is 19.5 Å². The molecule has 8 nitrogen and oxygen atoms in total. The molecule has 0 spiro atoms. The molecule has 0 saturated heterocycles. The highest BCUT2D eigenvalue weighted by Crippen LogP contribution is 2.27. The van der Waals surface area contributed by atoms with Crippen molar-refractivity contribution in [2.75, 3.05) is 26.9 Å². The SMILES string of the molecule is CCOC(=O)C(C)(Cc1ccc(OCCNC(=O)c2ccc(-c3ccc(OC)cc3)nc2)cc1)Oc1ccc(C(C)C)cc1. The Hall–Kier alpha value is -4.85. The minimum Gasteiger partial charge on any atom is -0.497 e. The van der Waals surface area contributed by atoms with Gasteiger partial charge in [-0.25, -0.2) is 4.79 Å². The van der Waals surface area contributed by atoms with Crippen molar-refractivity contribution in [3.05, 3.63) is 108 Å². The van der Waals surface area contributed by atoms with Crippen LogP contribution in [-0.2, 0) is 16.0 Å². The maximum Gasteiger partial charge on any atom is 0.350 e. The second kappa shape index (κ2) is 15.0. The van der Waals surface area contributed by atoms with Gasteiger partial charge in [0.2, 0.25) is 5.60 Å². The zero-order valence-corrected chi connectivity index (χ0v) is 26.0. The topological polar surface area (TPSA) is 96.0 Å². The summed E-state index contributed by atoms with van der Waals surface area (Å²) in [7, 11) is 1.62. The van der Waals surface area contributed by atoms with Gasteiger partial charge in [-0.15, -0.1) is 0 Å². The van der Waals surface area contributed by atoms with E-state index >= 15 is 0 Å². The number of hydrogen-bond acceptors (Lipinski definition) is 7. The van der Waals surface area contributed by atoms with E-state index in [2.05, 4.69) is 24.1 Å². The number of carbonyl (C=O) groups is 2. The third-order valence-electron chi connectivity index (χ3n) is 7.13. The van der Waals surface area contributed by atoms with Gasteiger partial charge >= 0.3 is 5.97 Å². The highest BCUT2D eigenvalue weighted by Gasteiger charge is 2.37. The number of methoxy groups -OCH3 is 1. The average Bonchev–Trinajstić information content (AvgIpc) is 3.04. The van der Waals surface area contributed by atoms with Crippen LogP contribution >= 0.6 is 0 Å². The summed E-state index contributed by atoms with van der Waals surface area (Å²) in [5.74, 6) is 1.78. The second-order valence-corrected chi connectivity index (χ2v) is 10.9. The summed E-state index contributed by atoms with van der Waals surface area (Å²) in [6.07, 6.45) is 1.88. The van der Waals surface area contributed by atoms with Gasteiger partial charge in [-0.3, -0.25) is 9.78 Å². The molecule has 1 atom stereocenters. The lowest BCUT2D eigenvalue weighted by Gasteiger charge is -2.29. The summed E-state index contributed by atoms with van der Waals surface area (Å²) in [5, 5.41) is 2.85. The second-order valence-electron chi connectivity index (χ2n) is 10.9. The van der Waals surface area contributed by atoms with E-state index in [0.29, 0.717) is 42.6 Å². The number of pyridine rings is 1. The molecule has 0 aliphatic rings. The number of aromatic nitrogens is 1. The van der Waals surface area contributed by atoms with E-state index in [1.807, 2.05) is 78.9 Å². The lowest BCUT2D eigenvalue weighted by atomic mass is 9.96. The van der Waals surface area contributed by atoms with Gasteiger partial charge in [0, 0.05) is 18.2 Å². The first-order chi connectivity index (χ1) is 21.2. The fourth-order valence-electron chi connectivity index (χ4n) is 4.60. The molecule has 4 rings (SSSR count). The van der Waals surface area contributed by atoms with E-state index in [4.69, 9.17) is 18.9 Å². The predicted molar refractivity (Wildman–Crippen MR) is 170 cm³/mol. The highest BCUT2D eigenvalue weighted by molar-refractivity contribution is 5.94. The Labute approximate surface area is 259 Å². The largest absolute Gasteiger partial charge is 0.497 e. The summed E-state index contributed by atoms with van der Waals surface area (Å²) >= 11 is 0. The minimum atomic E-state index is -1.20. The van der Waals surface area contributed by atoms with Crippen molar-refractivity contribution in [3.8, 4) is 28.5 Å². The van der Waals surface area contributed by atoms with Crippen LogP contribution in [0.1, 0.15) is 55.1 Å². The van der Waals surface area contributed by atoms with Gasteiger partial charge in [0.1, 0.15) is 23.9 Å². The summed E-state index contributed by atoms with van der Waals surface area (Å²) in [6.45, 7) is 8.66. The minimum absolute atomic E-state index is 0.227. The molecule has 1 amide bonds. The summed E-state index contributed by atoms with van der Waals surface area (Å²) in [5.41, 5.74) is 3.06. The number of nitrogens with one attached hydrogen (secondary N) is 1. The van der Waals surface area contributed by atoms with Crippen molar-refractivity contribution in [1.82, 2.24) is 10.3 Å². The van der Waals surface area contributed by atoms with E-state index in [1.165, 1.54) is 5.56 Å². The molecule has 4 aromatic rings. The van der Waals surface area contributed by atoms with Gasteiger partial charge < -0.3 is 24.3 Å². The summed E-state index contributed by atoms with van der Waals surface area (Å²) < 4.78 is 22.6. The molecule has 0 aliphatic carbocycles. The third-order valence-corrected chi connectivity index (χ3v) is 7.13. The molecule has 0 aliphatic heterocycles. The molecule has 44 heavy (non-hydrogen) atoms. The van der Waals surface area contributed by atoms with Crippen molar-refractivity contribution >= 4 is 11.9 Å². The number of ether oxygens (including phenoxy) is 4. The third kappa shape index (κ3) is 8.60. The lowest BCUT2D eigenvalue weighted by Crippen LogP contribution is -2.45. The normalized spacial score (nSPS) is 12.2. The summed E-state index contributed by atoms with van der Waals surface area (Å²) in [6, 6.07) is 26.4. The van der Waals surface area contributed by atoms with Gasteiger partial charge in [0.05, 0.1) is 31.5 Å². The fourth-order valence-corrected chi connectivity index (χ4v) is 4.60. The maximum absolute atomic E-state index is 12.9. The standard InChI is InChI=1S/C36H40N2O6/c1-6-42-35(40)36(4,44-32-18-9-27(10-19-32)25(2)3)23-26-7-14-31(15-8-26)43-22-21-37-34(39)29-13-20-33(38-24-29)28-11-16-30(41-5)17-12-28/h7-20,24-25H,6,21-23H2,1-5H3,(H,37,39). The predicted octanol–water partition coefficient (Wildman–Crippen LogP) is 6.63. The van der Waals surface area contributed by atoms with Crippen LogP contribution in [0.5, 0.6) is 17.2 Å². The van der Waals surface area contributed by atoms with Crippen molar-refractivity contribution in [3.63, 3.8) is 0 Å². The Morgan fingerprint density at radius 2 is 1.52 bits per heavy atom. The maximum atomic E-state index is 12.9. The number of benzene rings is 3. The van der Waals surface area contributed by atoms with Crippen LogP contribution in [0.2, 0.25) is 0 Å². The van der Waals surface area contributed by atoms with E-state index < -0.39 is 11.6 Å². The molecule has 0 fully saturated rings. The average molecular weight is 597 g/mol. The number of nitrogens with zero attached hydrogens (tertiary/aromatic N) is 1. The Balaban J connectivity index is 1.28. The van der Waals surface area contributed by atoms with Gasteiger partial charge in [-0.05, 0) is 91.6 Å². The first-order valence-electron chi connectivity index (χ1n) is 14.8. The van der Waals surface area contributed by atoms with Crippen LogP contribution in [0.4, 0.5) is 0 Å².